The lowest BCUT2D eigenvalue weighted by Gasteiger charge is -2.46. The molecular formula is C119H134F3N9O8. The lowest BCUT2D eigenvalue weighted by atomic mass is 9.74. The van der Waals surface area contributed by atoms with E-state index in [0.29, 0.717) is 86.8 Å². The standard InChI is InChI=1S/C33H38FN3O2.C30H38N2O2.2C28H29FN2O2/c1-21-13-16-27(20-23(21)3)36-32(38)28-11-7-19-37(33(39)30-22(2)8-6-12-29(30)34)31(28)24-14-17-26(18-15-24)35-25-9-4-5-10-25;1-20-9-6-10-21(2)27(20)30(34)32-18-8-15-26(28(32)23-11-4-3-5-12-23)29(33)31-25-17-16-22-13-7-14-24(22)19-25;2*1-18-14-15-22(17-20(18)3)30-27(32)23-12-8-16-31(26(23)21-10-5-4-6-11-21)28(33)25-19(2)9-7-13-24(25)29/h6,8,12-18,20,25,28,31,35H,4-5,7,9-11,19H2,1-3H3,(H,36,38);6,9-10,16-17,19,23,26,28H,3-5,7-8,11-15,18H2,1-2H3,(H,31,33);2*4-7,9-11,13-15,17,23,26H,8,12,16H2,1-3H3,(H,30,32)/t28-,31-;26-,28-;2*23-,26-/m0000/s1. The van der Waals surface area contributed by atoms with Crippen LogP contribution in [0.4, 0.5) is 41.6 Å². The molecule has 0 spiro atoms. The molecule has 0 radical (unpaired) electrons. The Labute approximate surface area is 818 Å². The topological polar surface area (TPSA) is 210 Å². The van der Waals surface area contributed by atoms with Crippen LogP contribution in [0.2, 0.25) is 0 Å². The Balaban J connectivity index is 0.000000141. The van der Waals surface area contributed by atoms with Gasteiger partial charge in [-0.15, -0.1) is 0 Å². The third-order valence-electron chi connectivity index (χ3n) is 30.1. The van der Waals surface area contributed by atoms with Gasteiger partial charge in [0, 0.05) is 72.3 Å². The van der Waals surface area contributed by atoms with Crippen LogP contribution in [0.25, 0.3) is 0 Å². The van der Waals surface area contributed by atoms with E-state index < -0.39 is 53.3 Å². The van der Waals surface area contributed by atoms with Crippen molar-refractivity contribution >= 4 is 75.7 Å². The highest BCUT2D eigenvalue weighted by atomic mass is 19.1. The maximum atomic E-state index is 14.9. The van der Waals surface area contributed by atoms with Crippen molar-refractivity contribution in [3.05, 3.63) is 359 Å². The van der Waals surface area contributed by atoms with E-state index in [4.69, 9.17) is 0 Å². The zero-order chi connectivity index (χ0) is 98.2. The first-order valence-corrected chi connectivity index (χ1v) is 50.2. The summed E-state index contributed by atoms with van der Waals surface area (Å²) in [7, 11) is 0. The van der Waals surface area contributed by atoms with Gasteiger partial charge in [-0.25, -0.2) is 13.2 Å². The van der Waals surface area contributed by atoms with Crippen LogP contribution in [0, 0.1) is 123 Å². The Bertz CT molecular complexity index is 6000. The summed E-state index contributed by atoms with van der Waals surface area (Å²) in [5, 5.41) is 16.1. The molecular weight excluding hydrogens is 1740 g/mol. The highest BCUT2D eigenvalue weighted by Crippen LogP contribution is 2.45. The summed E-state index contributed by atoms with van der Waals surface area (Å²) in [6, 6.07) is 70.3. The van der Waals surface area contributed by atoms with Crippen molar-refractivity contribution in [1.82, 2.24) is 19.6 Å². The van der Waals surface area contributed by atoms with Gasteiger partial charge in [0.05, 0.1) is 58.5 Å². The molecule has 4 saturated heterocycles. The maximum absolute atomic E-state index is 14.9. The molecule has 8 atom stereocenters. The van der Waals surface area contributed by atoms with Crippen LogP contribution in [0.15, 0.2) is 231 Å². The average molecular weight is 1880 g/mol. The fourth-order valence-corrected chi connectivity index (χ4v) is 22.2. The first-order chi connectivity index (χ1) is 67.1. The molecule has 0 aromatic heterocycles. The van der Waals surface area contributed by atoms with E-state index in [1.807, 2.05) is 213 Å². The molecule has 139 heavy (non-hydrogen) atoms. The number of hydrogen-bond acceptors (Lipinski definition) is 9. The van der Waals surface area contributed by atoms with Gasteiger partial charge in [0.25, 0.3) is 23.6 Å². The lowest BCUT2D eigenvalue weighted by Crippen LogP contribution is -2.55. The van der Waals surface area contributed by atoms with Crippen LogP contribution in [0.1, 0.15) is 264 Å². The van der Waals surface area contributed by atoms with Gasteiger partial charge in [0.15, 0.2) is 0 Å². The minimum atomic E-state index is -0.534. The number of fused-ring (bicyclic) bond motifs is 1. The minimum absolute atomic E-state index is 0.0185. The molecule has 11 aromatic rings. The molecule has 3 aliphatic carbocycles. The number of benzene rings is 11. The summed E-state index contributed by atoms with van der Waals surface area (Å²) in [5.74, 6) is -4.01. The van der Waals surface area contributed by atoms with Gasteiger partial charge >= 0.3 is 0 Å². The number of nitrogens with zero attached hydrogens (tertiary/aromatic N) is 4. The van der Waals surface area contributed by atoms with Crippen LogP contribution >= 0.6 is 0 Å². The molecule has 20 heteroatoms. The number of carbonyl (C=O) groups excluding carboxylic acids is 8. The second-order valence-electron chi connectivity index (χ2n) is 39.5. The summed E-state index contributed by atoms with van der Waals surface area (Å²) >= 11 is 0. The second-order valence-corrected chi connectivity index (χ2v) is 39.5. The maximum Gasteiger partial charge on any atom is 0.257 e. The van der Waals surface area contributed by atoms with Gasteiger partial charge in [-0.1, -0.05) is 184 Å². The third-order valence-corrected chi connectivity index (χ3v) is 30.1. The van der Waals surface area contributed by atoms with Crippen LogP contribution < -0.4 is 26.6 Å². The molecule has 4 aliphatic heterocycles. The third kappa shape index (κ3) is 23.7. The predicted octanol–water partition coefficient (Wildman–Crippen LogP) is 25.5. The number of halogens is 3. The Morgan fingerprint density at radius 3 is 0.964 bits per heavy atom. The van der Waals surface area contributed by atoms with Crippen molar-refractivity contribution < 1.29 is 51.5 Å². The number of hydrogen-bond donors (Lipinski definition) is 5. The quantitative estimate of drug-likeness (QED) is 0.0553. The van der Waals surface area contributed by atoms with Gasteiger partial charge in [0.2, 0.25) is 23.6 Å². The molecule has 2 saturated carbocycles. The van der Waals surface area contributed by atoms with Gasteiger partial charge in [0.1, 0.15) is 17.5 Å². The summed E-state index contributed by atoms with van der Waals surface area (Å²) in [5.41, 5.74) is 21.3. The molecule has 7 aliphatic rings. The number of anilines is 5. The van der Waals surface area contributed by atoms with Gasteiger partial charge in [-0.05, 0) is 346 Å². The number of rotatable bonds is 18. The van der Waals surface area contributed by atoms with E-state index in [0.717, 1.165) is 140 Å². The smallest absolute Gasteiger partial charge is 0.257 e. The first kappa shape index (κ1) is 100. The fourth-order valence-electron chi connectivity index (χ4n) is 22.2. The number of aryl methyl sites for hydroxylation is 13. The van der Waals surface area contributed by atoms with Gasteiger partial charge in [-0.2, -0.15) is 0 Å². The number of amides is 8. The zero-order valence-corrected chi connectivity index (χ0v) is 82.4. The number of piperidine rings is 4. The van der Waals surface area contributed by atoms with Crippen molar-refractivity contribution in [1.29, 1.82) is 0 Å². The molecule has 0 bridgehead atoms. The molecule has 5 N–H and O–H groups in total. The van der Waals surface area contributed by atoms with Crippen LogP contribution in [-0.2, 0) is 32.0 Å². The van der Waals surface area contributed by atoms with Crippen molar-refractivity contribution in [2.45, 2.75) is 235 Å². The van der Waals surface area contributed by atoms with Crippen molar-refractivity contribution in [3.63, 3.8) is 0 Å². The Hall–Kier alpha value is -13.2. The summed E-state index contributed by atoms with van der Waals surface area (Å²) in [6.45, 7) is 23.6. The lowest BCUT2D eigenvalue weighted by molar-refractivity contribution is -0.125. The molecule has 17 nitrogen and oxygen atoms in total. The Morgan fingerprint density at radius 1 is 0.259 bits per heavy atom. The molecule has 8 amide bonds. The first-order valence-electron chi connectivity index (χ1n) is 50.2. The molecule has 6 fully saturated rings. The van der Waals surface area contributed by atoms with E-state index in [1.165, 1.54) is 80.7 Å². The highest BCUT2D eigenvalue weighted by Gasteiger charge is 2.47. The molecule has 724 valence electrons. The highest BCUT2D eigenvalue weighted by molar-refractivity contribution is 6.02. The van der Waals surface area contributed by atoms with E-state index in [1.54, 1.807) is 71.9 Å². The average Bonchev–Trinajstić information content (AvgIpc) is 1.19. The van der Waals surface area contributed by atoms with Crippen LogP contribution in [-0.4, -0.2) is 105 Å². The SMILES string of the molecule is Cc1ccc(NC(=O)[C@H]2CCCN(C(=O)c3c(C)cccc3F)[C@H]2c2ccc(NC3CCCC3)cc2)cc1C.Cc1ccc(NC(=O)[C@H]2CCCN(C(=O)c3c(C)cccc3F)[C@H]2c2ccccc2)cc1C.Cc1ccc(NC(=O)[C@H]2CCCN(C(=O)c3c(C)cccc3F)[C@H]2c2ccccc2)cc1C.Cc1cccc(C)c1C(=O)N1CCC[C@H](C(=O)Nc2ccc3c(c2)CCC3)[C@@H]1C1CCCCC1. The second kappa shape index (κ2) is 46.0. The van der Waals surface area contributed by atoms with Crippen molar-refractivity contribution in [2.24, 2.45) is 29.6 Å². The monoisotopic (exact) mass is 1870 g/mol. The van der Waals surface area contributed by atoms with E-state index in [-0.39, 0.29) is 75.9 Å². The summed E-state index contributed by atoms with van der Waals surface area (Å²) in [4.78, 5) is 117. The number of likely N-dealkylation sites (tertiary alicyclic amines) is 4. The largest absolute Gasteiger partial charge is 0.382 e. The molecule has 4 heterocycles. The van der Waals surface area contributed by atoms with E-state index >= 15 is 0 Å². The van der Waals surface area contributed by atoms with Gasteiger partial charge in [-0.3, -0.25) is 38.4 Å². The van der Waals surface area contributed by atoms with Gasteiger partial charge < -0.3 is 46.2 Å². The van der Waals surface area contributed by atoms with Crippen LogP contribution in [0.3, 0.4) is 0 Å². The zero-order valence-electron chi connectivity index (χ0n) is 82.4. The summed E-state index contributed by atoms with van der Waals surface area (Å²) < 4.78 is 44.3. The van der Waals surface area contributed by atoms with Crippen LogP contribution in [0.5, 0.6) is 0 Å². The summed E-state index contributed by atoms with van der Waals surface area (Å²) in [6.07, 6.45) is 19.9. The molecule has 0 unspecified atom stereocenters. The van der Waals surface area contributed by atoms with E-state index in [9.17, 15) is 51.5 Å². The molecule has 18 rings (SSSR count). The predicted molar refractivity (Wildman–Crippen MR) is 549 cm³/mol. The Morgan fingerprint density at radius 2 is 0.576 bits per heavy atom. The van der Waals surface area contributed by atoms with Crippen molar-refractivity contribution in [3.8, 4) is 0 Å². The normalized spacial score (nSPS) is 19.7. The molecule has 11 aromatic carbocycles. The van der Waals surface area contributed by atoms with E-state index in [2.05, 4.69) is 49.7 Å². The van der Waals surface area contributed by atoms with Crippen molar-refractivity contribution in [2.75, 3.05) is 52.8 Å². The number of nitrogens with one attached hydrogen (secondary N) is 5. The Kier molecular flexibility index (Phi) is 33.2. The number of carbonyl (C=O) groups is 8. The fraction of sp³-hybridized carbons (Fsp3) is 0.378. The minimum Gasteiger partial charge on any atom is -0.382 e.